The van der Waals surface area contributed by atoms with Crippen molar-refractivity contribution in [1.29, 1.82) is 0 Å². The van der Waals surface area contributed by atoms with Gasteiger partial charge in [-0.1, -0.05) is 18.2 Å². The predicted molar refractivity (Wildman–Crippen MR) is 113 cm³/mol. The average Bonchev–Trinajstić information content (AvgIpc) is 2.80. The minimum Gasteiger partial charge on any atom is -0.497 e. The highest BCUT2D eigenvalue weighted by atomic mass is 16.6. The number of hydrogen-bond donors (Lipinski definition) is 2. The number of hydrogen-bond acceptors (Lipinski definition) is 7. The summed E-state index contributed by atoms with van der Waals surface area (Å²) in [5.74, 6) is -1.02. The summed E-state index contributed by atoms with van der Waals surface area (Å²) in [6, 6.07) is 12.8. The molecule has 1 aliphatic heterocycles. The second-order valence-electron chi connectivity index (χ2n) is 6.91. The molecule has 2 aromatic rings. The monoisotopic (exact) mass is 428 g/mol. The Bertz CT molecular complexity index is 945. The molecule has 10 nitrogen and oxygen atoms in total. The summed E-state index contributed by atoms with van der Waals surface area (Å²) in [7, 11) is 1.59. The summed E-state index contributed by atoms with van der Waals surface area (Å²) in [6.45, 7) is 2.76. The molecule has 2 amide bonds. The first kappa shape index (κ1) is 22.2. The van der Waals surface area contributed by atoms with Gasteiger partial charge in [0.05, 0.1) is 31.3 Å². The van der Waals surface area contributed by atoms with E-state index in [1.807, 2.05) is 24.3 Å². The van der Waals surface area contributed by atoms with Gasteiger partial charge >= 0.3 is 11.8 Å². The van der Waals surface area contributed by atoms with Crippen LogP contribution in [0.15, 0.2) is 48.5 Å². The van der Waals surface area contributed by atoms with Crippen molar-refractivity contribution in [1.82, 2.24) is 10.2 Å². The number of methoxy groups -OCH3 is 1. The number of nitro benzene ring substituents is 1. The second-order valence-corrected chi connectivity index (χ2v) is 6.91. The van der Waals surface area contributed by atoms with Gasteiger partial charge in [0.25, 0.3) is 5.69 Å². The number of anilines is 1. The number of nitrogens with zero attached hydrogens (tertiary/aromatic N) is 2. The molecular formula is C21H24N4O6. The Labute approximate surface area is 179 Å². The van der Waals surface area contributed by atoms with Crippen LogP contribution in [0.1, 0.15) is 11.6 Å². The molecule has 31 heavy (non-hydrogen) atoms. The fraction of sp³-hybridized carbons (Fsp3) is 0.333. The molecule has 0 radical (unpaired) electrons. The Balaban J connectivity index is 1.67. The number of nitro groups is 1. The Morgan fingerprint density at radius 2 is 1.90 bits per heavy atom. The van der Waals surface area contributed by atoms with Crippen molar-refractivity contribution in [3.05, 3.63) is 64.2 Å². The fourth-order valence-electron chi connectivity index (χ4n) is 3.35. The van der Waals surface area contributed by atoms with E-state index in [0.717, 1.165) is 5.56 Å². The van der Waals surface area contributed by atoms with Crippen LogP contribution in [0.5, 0.6) is 5.75 Å². The van der Waals surface area contributed by atoms with Crippen LogP contribution in [0.2, 0.25) is 0 Å². The normalized spacial score (nSPS) is 15.0. The number of non-ortho nitro benzene ring substituents is 1. The summed E-state index contributed by atoms with van der Waals surface area (Å²) < 4.78 is 10.7. The number of rotatable bonds is 7. The number of nitrogens with one attached hydrogen (secondary N) is 2. The summed E-state index contributed by atoms with van der Waals surface area (Å²) in [5.41, 5.74) is 0.941. The molecule has 2 aromatic carbocycles. The van der Waals surface area contributed by atoms with Crippen LogP contribution in [0.25, 0.3) is 0 Å². The number of morpholine rings is 1. The van der Waals surface area contributed by atoms with Crippen molar-refractivity contribution in [2.24, 2.45) is 0 Å². The number of carbonyl (C=O) groups is 2. The van der Waals surface area contributed by atoms with Gasteiger partial charge in [-0.3, -0.25) is 24.6 Å². The third-order valence-corrected chi connectivity index (χ3v) is 4.94. The smallest absolute Gasteiger partial charge is 0.313 e. The fourth-order valence-corrected chi connectivity index (χ4v) is 3.35. The van der Waals surface area contributed by atoms with Crippen LogP contribution >= 0.6 is 0 Å². The minimum atomic E-state index is -0.896. The minimum absolute atomic E-state index is 0.173. The van der Waals surface area contributed by atoms with Gasteiger partial charge in [-0.2, -0.15) is 0 Å². The van der Waals surface area contributed by atoms with Gasteiger partial charge in [-0.15, -0.1) is 0 Å². The average molecular weight is 428 g/mol. The van der Waals surface area contributed by atoms with Crippen molar-refractivity contribution >= 4 is 23.2 Å². The Kier molecular flexibility index (Phi) is 7.52. The van der Waals surface area contributed by atoms with Crippen LogP contribution in [0.3, 0.4) is 0 Å². The summed E-state index contributed by atoms with van der Waals surface area (Å²) in [4.78, 5) is 37.1. The van der Waals surface area contributed by atoms with Crippen LogP contribution < -0.4 is 15.4 Å². The highest BCUT2D eigenvalue weighted by Crippen LogP contribution is 2.25. The Morgan fingerprint density at radius 3 is 2.61 bits per heavy atom. The molecule has 0 spiro atoms. The quantitative estimate of drug-likeness (QED) is 0.391. The van der Waals surface area contributed by atoms with E-state index in [2.05, 4.69) is 15.5 Å². The molecule has 3 rings (SSSR count). The Hall–Kier alpha value is -3.50. The SMILES string of the molecule is COc1cccc([C@@H](CNC(=O)C(=O)Nc2cccc([N+](=O)[O-])c2)N2CCOCC2)c1. The van der Waals surface area contributed by atoms with Gasteiger partial charge in [0.15, 0.2) is 0 Å². The van der Waals surface area contributed by atoms with Gasteiger partial charge < -0.3 is 20.1 Å². The van der Waals surface area contributed by atoms with Crippen molar-refractivity contribution < 1.29 is 24.0 Å². The van der Waals surface area contributed by atoms with Crippen LogP contribution in [-0.2, 0) is 14.3 Å². The highest BCUT2D eigenvalue weighted by Gasteiger charge is 2.25. The Morgan fingerprint density at radius 1 is 1.16 bits per heavy atom. The zero-order valence-corrected chi connectivity index (χ0v) is 17.1. The molecule has 1 fully saturated rings. The van der Waals surface area contributed by atoms with Crippen LogP contribution in [0, 0.1) is 10.1 Å². The second kappa shape index (κ2) is 10.5. The van der Waals surface area contributed by atoms with E-state index in [-0.39, 0.29) is 24.0 Å². The maximum absolute atomic E-state index is 12.4. The third kappa shape index (κ3) is 6.00. The molecule has 1 aliphatic rings. The van der Waals surface area contributed by atoms with E-state index < -0.39 is 16.7 Å². The molecule has 0 bridgehead atoms. The maximum atomic E-state index is 12.4. The molecule has 0 aromatic heterocycles. The molecule has 2 N–H and O–H groups in total. The largest absolute Gasteiger partial charge is 0.497 e. The summed E-state index contributed by atoms with van der Waals surface area (Å²) >= 11 is 0. The predicted octanol–water partition coefficient (Wildman–Crippen LogP) is 1.73. The van der Waals surface area contributed by atoms with Crippen LogP contribution in [-0.4, -0.2) is 61.6 Å². The molecule has 1 saturated heterocycles. The first-order valence-electron chi connectivity index (χ1n) is 9.77. The van der Waals surface area contributed by atoms with Crippen molar-refractivity contribution in [2.75, 3.05) is 45.3 Å². The lowest BCUT2D eigenvalue weighted by Gasteiger charge is -2.35. The number of benzene rings is 2. The lowest BCUT2D eigenvalue weighted by Crippen LogP contribution is -2.45. The summed E-state index contributed by atoms with van der Waals surface area (Å²) in [5, 5.41) is 15.9. The third-order valence-electron chi connectivity index (χ3n) is 4.94. The first-order chi connectivity index (χ1) is 15.0. The van der Waals surface area contributed by atoms with Crippen molar-refractivity contribution in [3.63, 3.8) is 0 Å². The highest BCUT2D eigenvalue weighted by molar-refractivity contribution is 6.39. The first-order valence-corrected chi connectivity index (χ1v) is 9.77. The van der Waals surface area contributed by atoms with Crippen LogP contribution in [0.4, 0.5) is 11.4 Å². The number of carbonyl (C=O) groups excluding carboxylic acids is 2. The zero-order valence-electron chi connectivity index (χ0n) is 17.1. The zero-order chi connectivity index (χ0) is 22.2. The molecule has 1 atom stereocenters. The molecular weight excluding hydrogens is 404 g/mol. The van der Waals surface area contributed by atoms with Gasteiger partial charge in [0.2, 0.25) is 0 Å². The standard InChI is InChI=1S/C21H24N4O6/c1-30-18-7-2-4-15(12-18)19(24-8-10-31-11-9-24)14-22-20(26)21(27)23-16-5-3-6-17(13-16)25(28)29/h2-7,12-13,19H,8-11,14H2,1H3,(H,22,26)(H,23,27)/t19-/m1/s1. The number of amides is 2. The topological polar surface area (TPSA) is 123 Å². The van der Waals surface area contributed by atoms with E-state index >= 15 is 0 Å². The van der Waals surface area contributed by atoms with E-state index in [1.165, 1.54) is 24.3 Å². The van der Waals surface area contributed by atoms with Gasteiger partial charge in [-0.05, 0) is 23.8 Å². The molecule has 1 heterocycles. The van der Waals surface area contributed by atoms with E-state index in [9.17, 15) is 19.7 Å². The van der Waals surface area contributed by atoms with E-state index in [1.54, 1.807) is 7.11 Å². The molecule has 164 valence electrons. The maximum Gasteiger partial charge on any atom is 0.313 e. The molecule has 0 saturated carbocycles. The molecule has 0 unspecified atom stereocenters. The molecule has 0 aliphatic carbocycles. The van der Waals surface area contributed by atoms with E-state index in [4.69, 9.17) is 9.47 Å². The van der Waals surface area contributed by atoms with Gasteiger partial charge in [0.1, 0.15) is 5.75 Å². The molecule has 10 heteroatoms. The van der Waals surface area contributed by atoms with Crippen molar-refractivity contribution in [2.45, 2.75) is 6.04 Å². The van der Waals surface area contributed by atoms with E-state index in [0.29, 0.717) is 32.1 Å². The lowest BCUT2D eigenvalue weighted by molar-refractivity contribution is -0.384. The lowest BCUT2D eigenvalue weighted by atomic mass is 10.0. The summed E-state index contributed by atoms with van der Waals surface area (Å²) in [6.07, 6.45) is 0. The number of ether oxygens (including phenoxy) is 2. The van der Waals surface area contributed by atoms with Crippen molar-refractivity contribution in [3.8, 4) is 5.75 Å². The van der Waals surface area contributed by atoms with Gasteiger partial charge in [-0.25, -0.2) is 0 Å². The van der Waals surface area contributed by atoms with Gasteiger partial charge in [0, 0.05) is 37.5 Å².